The zero-order valence-electron chi connectivity index (χ0n) is 14.7. The highest BCUT2D eigenvalue weighted by molar-refractivity contribution is 5.53. The van der Waals surface area contributed by atoms with Crippen molar-refractivity contribution in [2.24, 2.45) is 11.3 Å². The van der Waals surface area contributed by atoms with E-state index in [1.54, 1.807) is 0 Å². The molecule has 1 N–H and O–H groups in total. The average molecular weight is 288 g/mol. The zero-order valence-corrected chi connectivity index (χ0v) is 14.7. The van der Waals surface area contributed by atoms with E-state index in [-0.39, 0.29) is 0 Å². The van der Waals surface area contributed by atoms with Gasteiger partial charge in [-0.05, 0) is 56.7 Å². The lowest BCUT2D eigenvalue weighted by molar-refractivity contribution is 0.118. The third-order valence-electron chi connectivity index (χ3n) is 5.29. The van der Waals surface area contributed by atoms with Crippen molar-refractivity contribution in [3.63, 3.8) is 0 Å². The maximum absolute atomic E-state index is 3.60. The Morgan fingerprint density at radius 1 is 1.29 bits per heavy atom. The number of nitrogens with zero attached hydrogens (tertiary/aromatic N) is 1. The molecule has 0 amide bonds. The Morgan fingerprint density at radius 3 is 2.62 bits per heavy atom. The molecule has 21 heavy (non-hydrogen) atoms. The van der Waals surface area contributed by atoms with Gasteiger partial charge in [0.2, 0.25) is 0 Å². The van der Waals surface area contributed by atoms with Gasteiger partial charge < -0.3 is 10.2 Å². The summed E-state index contributed by atoms with van der Waals surface area (Å²) in [4.78, 5) is 2.45. The Morgan fingerprint density at radius 2 is 2.00 bits per heavy atom. The van der Waals surface area contributed by atoms with Gasteiger partial charge in [0, 0.05) is 25.3 Å². The fraction of sp³-hybridized carbons (Fsp3) is 0.684. The number of hydrogen-bond acceptors (Lipinski definition) is 2. The molecule has 2 rings (SSSR count). The standard InChI is InChI=1S/C19H32N2/c1-14-9-10-17(15(2)12-14)21(6)13-16-8-7-11-19(3,4)18(16)20-5/h9-10,12,16,18,20H,7-8,11,13H2,1-6H3. The number of nitrogens with one attached hydrogen (secondary N) is 1. The summed E-state index contributed by atoms with van der Waals surface area (Å²) in [6, 6.07) is 7.39. The topological polar surface area (TPSA) is 15.3 Å². The molecule has 1 aliphatic rings. The summed E-state index contributed by atoms with van der Waals surface area (Å²) < 4.78 is 0. The predicted molar refractivity (Wildman–Crippen MR) is 93.2 cm³/mol. The SMILES string of the molecule is CNC1C(CN(C)c2ccc(C)cc2C)CCCC1(C)C. The van der Waals surface area contributed by atoms with Crippen LogP contribution in [0.5, 0.6) is 0 Å². The molecule has 0 spiro atoms. The molecular weight excluding hydrogens is 256 g/mol. The molecule has 1 aromatic rings. The van der Waals surface area contributed by atoms with Crippen molar-refractivity contribution in [3.8, 4) is 0 Å². The molecule has 1 aliphatic carbocycles. The van der Waals surface area contributed by atoms with Gasteiger partial charge in [-0.15, -0.1) is 0 Å². The first kappa shape index (κ1) is 16.4. The number of hydrogen-bond donors (Lipinski definition) is 1. The first-order valence-electron chi connectivity index (χ1n) is 8.31. The van der Waals surface area contributed by atoms with Crippen molar-refractivity contribution >= 4 is 5.69 Å². The molecule has 1 saturated carbocycles. The summed E-state index contributed by atoms with van der Waals surface area (Å²) in [6.45, 7) is 10.4. The molecule has 1 fully saturated rings. The van der Waals surface area contributed by atoms with Crippen molar-refractivity contribution in [1.82, 2.24) is 5.32 Å². The van der Waals surface area contributed by atoms with Gasteiger partial charge in [0.1, 0.15) is 0 Å². The third-order valence-corrected chi connectivity index (χ3v) is 5.29. The van der Waals surface area contributed by atoms with E-state index in [0.717, 1.165) is 12.5 Å². The van der Waals surface area contributed by atoms with Gasteiger partial charge in [-0.3, -0.25) is 0 Å². The maximum atomic E-state index is 3.60. The van der Waals surface area contributed by atoms with Crippen molar-refractivity contribution in [2.75, 3.05) is 25.5 Å². The molecule has 118 valence electrons. The quantitative estimate of drug-likeness (QED) is 0.895. The normalized spacial score (nSPS) is 24.9. The van der Waals surface area contributed by atoms with Crippen molar-refractivity contribution < 1.29 is 0 Å². The molecule has 2 heteroatoms. The fourth-order valence-corrected chi connectivity index (χ4v) is 4.29. The lowest BCUT2D eigenvalue weighted by atomic mass is 9.68. The van der Waals surface area contributed by atoms with E-state index < -0.39 is 0 Å². The Bertz CT molecular complexity index is 478. The van der Waals surface area contributed by atoms with Crippen LogP contribution in [0.2, 0.25) is 0 Å². The summed E-state index contributed by atoms with van der Waals surface area (Å²) in [5, 5.41) is 3.60. The van der Waals surface area contributed by atoms with Crippen LogP contribution in [0.4, 0.5) is 5.69 Å². The van der Waals surface area contributed by atoms with E-state index in [1.165, 1.54) is 36.1 Å². The summed E-state index contributed by atoms with van der Waals surface area (Å²) in [7, 11) is 4.37. The molecule has 0 aliphatic heterocycles. The van der Waals surface area contributed by atoms with Crippen molar-refractivity contribution in [2.45, 2.75) is 53.0 Å². The minimum absolute atomic E-state index is 0.404. The first-order valence-corrected chi connectivity index (χ1v) is 8.31. The average Bonchev–Trinajstić information content (AvgIpc) is 2.37. The summed E-state index contributed by atoms with van der Waals surface area (Å²) in [5.41, 5.74) is 4.50. The predicted octanol–water partition coefficient (Wildman–Crippen LogP) is 4.15. The second-order valence-corrected chi connectivity index (χ2v) is 7.58. The molecule has 2 atom stereocenters. The highest BCUT2D eigenvalue weighted by Crippen LogP contribution is 2.39. The molecule has 0 heterocycles. The molecule has 0 bridgehead atoms. The Labute approximate surface area is 130 Å². The lowest BCUT2D eigenvalue weighted by Crippen LogP contribution is -2.51. The van der Waals surface area contributed by atoms with Crippen LogP contribution in [-0.2, 0) is 0 Å². The monoisotopic (exact) mass is 288 g/mol. The molecule has 0 radical (unpaired) electrons. The molecule has 1 aromatic carbocycles. The highest BCUT2D eigenvalue weighted by Gasteiger charge is 2.38. The van der Waals surface area contributed by atoms with Crippen LogP contribution in [0.25, 0.3) is 0 Å². The smallest absolute Gasteiger partial charge is 0.0393 e. The zero-order chi connectivity index (χ0) is 15.6. The van der Waals surface area contributed by atoms with Gasteiger partial charge >= 0.3 is 0 Å². The molecule has 0 aromatic heterocycles. The first-order chi connectivity index (χ1) is 9.85. The van der Waals surface area contributed by atoms with Crippen molar-refractivity contribution in [1.29, 1.82) is 0 Å². The van der Waals surface area contributed by atoms with E-state index in [2.05, 4.69) is 70.2 Å². The van der Waals surface area contributed by atoms with E-state index in [4.69, 9.17) is 0 Å². The van der Waals surface area contributed by atoms with Crippen LogP contribution >= 0.6 is 0 Å². The largest absolute Gasteiger partial charge is 0.374 e. The fourth-order valence-electron chi connectivity index (χ4n) is 4.29. The van der Waals surface area contributed by atoms with E-state index in [9.17, 15) is 0 Å². The van der Waals surface area contributed by atoms with Crippen LogP contribution in [0.15, 0.2) is 18.2 Å². The number of benzene rings is 1. The number of aryl methyl sites for hydroxylation is 2. The van der Waals surface area contributed by atoms with Gasteiger partial charge in [0.25, 0.3) is 0 Å². The Kier molecular flexibility index (Phi) is 4.98. The van der Waals surface area contributed by atoms with Crippen LogP contribution in [0, 0.1) is 25.2 Å². The van der Waals surface area contributed by atoms with E-state index in [1.807, 2.05) is 0 Å². The number of anilines is 1. The molecule has 2 nitrogen and oxygen atoms in total. The molecule has 2 unspecified atom stereocenters. The van der Waals surface area contributed by atoms with Gasteiger partial charge in [0.05, 0.1) is 0 Å². The molecule has 0 saturated heterocycles. The van der Waals surface area contributed by atoms with Gasteiger partial charge in [0.15, 0.2) is 0 Å². The second kappa shape index (κ2) is 6.39. The van der Waals surface area contributed by atoms with Crippen molar-refractivity contribution in [3.05, 3.63) is 29.3 Å². The van der Waals surface area contributed by atoms with Crippen LogP contribution in [-0.4, -0.2) is 26.7 Å². The van der Waals surface area contributed by atoms with E-state index >= 15 is 0 Å². The summed E-state index contributed by atoms with van der Waals surface area (Å²) in [5.74, 6) is 0.726. The van der Waals surface area contributed by atoms with E-state index in [0.29, 0.717) is 11.5 Å². The van der Waals surface area contributed by atoms with Gasteiger partial charge in [-0.1, -0.05) is 38.0 Å². The van der Waals surface area contributed by atoms with Gasteiger partial charge in [-0.2, -0.15) is 0 Å². The van der Waals surface area contributed by atoms with Crippen LogP contribution < -0.4 is 10.2 Å². The minimum Gasteiger partial charge on any atom is -0.374 e. The highest BCUT2D eigenvalue weighted by atomic mass is 15.1. The second-order valence-electron chi connectivity index (χ2n) is 7.58. The Balaban J connectivity index is 2.12. The summed E-state index contributed by atoms with van der Waals surface area (Å²) >= 11 is 0. The summed E-state index contributed by atoms with van der Waals surface area (Å²) in [6.07, 6.45) is 4.03. The Hall–Kier alpha value is -1.02. The van der Waals surface area contributed by atoms with Gasteiger partial charge in [-0.25, -0.2) is 0 Å². The third kappa shape index (κ3) is 3.60. The number of rotatable bonds is 4. The molecular formula is C19H32N2. The maximum Gasteiger partial charge on any atom is 0.0393 e. The minimum atomic E-state index is 0.404. The van der Waals surface area contributed by atoms with Crippen LogP contribution in [0.1, 0.15) is 44.2 Å². The van der Waals surface area contributed by atoms with Crippen LogP contribution in [0.3, 0.4) is 0 Å². The lowest BCUT2D eigenvalue weighted by Gasteiger charge is -2.45.